The Bertz CT molecular complexity index is 300. The van der Waals surface area contributed by atoms with Crippen LogP contribution < -0.4 is 0 Å². The molecule has 0 aliphatic rings. The topological polar surface area (TPSA) is 17.1 Å². The van der Waals surface area contributed by atoms with Crippen molar-refractivity contribution in [2.24, 2.45) is 0 Å². The molecule has 1 aromatic rings. The van der Waals surface area contributed by atoms with Crippen LogP contribution in [0.5, 0.6) is 0 Å². The van der Waals surface area contributed by atoms with Crippen LogP contribution in [0.15, 0.2) is 18.2 Å². The Morgan fingerprint density at radius 3 is 2.64 bits per heavy atom. The van der Waals surface area contributed by atoms with Gasteiger partial charge in [-0.3, -0.25) is 4.79 Å². The van der Waals surface area contributed by atoms with Crippen molar-refractivity contribution >= 4 is 39.4 Å². The van der Waals surface area contributed by atoms with Crippen molar-refractivity contribution in [3.63, 3.8) is 0 Å². The number of halogens is 3. The SMILES string of the molecule is O=C(Cl)c1ccc(I)c(F)c1. The number of hydrogen-bond donors (Lipinski definition) is 0. The fourth-order valence-corrected chi connectivity index (χ4v) is 1.07. The summed E-state index contributed by atoms with van der Waals surface area (Å²) < 4.78 is 13.2. The Morgan fingerprint density at radius 2 is 2.18 bits per heavy atom. The Labute approximate surface area is 81.7 Å². The van der Waals surface area contributed by atoms with Crippen LogP contribution in [-0.2, 0) is 0 Å². The molecule has 0 aromatic heterocycles. The van der Waals surface area contributed by atoms with E-state index >= 15 is 0 Å². The van der Waals surface area contributed by atoms with Crippen molar-refractivity contribution in [1.82, 2.24) is 0 Å². The van der Waals surface area contributed by atoms with Crippen LogP contribution >= 0.6 is 34.2 Å². The molecule has 0 unspecified atom stereocenters. The van der Waals surface area contributed by atoms with Gasteiger partial charge in [-0.15, -0.1) is 0 Å². The van der Waals surface area contributed by atoms with E-state index in [1.807, 2.05) is 22.6 Å². The summed E-state index contributed by atoms with van der Waals surface area (Å²) in [5, 5.41) is -0.639. The quantitative estimate of drug-likeness (QED) is 0.572. The molecule has 0 amide bonds. The maximum atomic E-state index is 12.7. The van der Waals surface area contributed by atoms with E-state index in [9.17, 15) is 9.18 Å². The largest absolute Gasteiger partial charge is 0.276 e. The monoisotopic (exact) mass is 284 g/mol. The standard InChI is InChI=1S/C7H3ClFIO/c8-7(11)4-1-2-6(10)5(9)3-4/h1-3H. The van der Waals surface area contributed by atoms with E-state index in [1.165, 1.54) is 12.1 Å². The molecule has 4 heteroatoms. The average Bonchev–Trinajstić information content (AvgIpc) is 1.94. The summed E-state index contributed by atoms with van der Waals surface area (Å²) in [4.78, 5) is 10.5. The molecule has 1 aromatic carbocycles. The first kappa shape index (κ1) is 8.93. The number of carbonyl (C=O) groups excluding carboxylic acids is 1. The second-order valence-electron chi connectivity index (χ2n) is 1.90. The minimum atomic E-state index is -0.639. The summed E-state index contributed by atoms with van der Waals surface area (Å²) in [5.74, 6) is -0.419. The molecule has 1 rings (SSSR count). The molecule has 11 heavy (non-hydrogen) atoms. The molecule has 0 fully saturated rings. The van der Waals surface area contributed by atoms with Crippen molar-refractivity contribution in [3.8, 4) is 0 Å². The van der Waals surface area contributed by atoms with Crippen LogP contribution in [0.2, 0.25) is 0 Å². The predicted molar refractivity (Wildman–Crippen MR) is 49.3 cm³/mol. The van der Waals surface area contributed by atoms with Crippen molar-refractivity contribution in [3.05, 3.63) is 33.1 Å². The van der Waals surface area contributed by atoms with Gasteiger partial charge in [0.2, 0.25) is 0 Å². The lowest BCUT2D eigenvalue weighted by atomic mass is 10.2. The van der Waals surface area contributed by atoms with Crippen LogP contribution in [-0.4, -0.2) is 5.24 Å². The molecule has 0 N–H and O–H groups in total. The summed E-state index contributed by atoms with van der Waals surface area (Å²) in [6.07, 6.45) is 0. The minimum absolute atomic E-state index is 0.185. The zero-order valence-corrected chi connectivity index (χ0v) is 8.19. The highest BCUT2D eigenvalue weighted by molar-refractivity contribution is 14.1. The smallest absolute Gasteiger partial charge is 0.252 e. The second-order valence-corrected chi connectivity index (χ2v) is 3.41. The highest BCUT2D eigenvalue weighted by Gasteiger charge is 2.04. The first-order valence-corrected chi connectivity index (χ1v) is 4.22. The third-order valence-electron chi connectivity index (χ3n) is 1.15. The lowest BCUT2D eigenvalue weighted by Crippen LogP contribution is -1.91. The first-order valence-electron chi connectivity index (χ1n) is 2.76. The summed E-state index contributed by atoms with van der Waals surface area (Å²) in [6.45, 7) is 0. The van der Waals surface area contributed by atoms with Crippen LogP contribution in [0.25, 0.3) is 0 Å². The van der Waals surface area contributed by atoms with E-state index < -0.39 is 11.1 Å². The molecule has 0 saturated carbocycles. The van der Waals surface area contributed by atoms with E-state index in [0.717, 1.165) is 6.07 Å². The molecule has 0 spiro atoms. The number of hydrogen-bond acceptors (Lipinski definition) is 1. The van der Waals surface area contributed by atoms with Gasteiger partial charge in [-0.2, -0.15) is 0 Å². The van der Waals surface area contributed by atoms with E-state index in [1.54, 1.807) is 0 Å². The number of benzene rings is 1. The third-order valence-corrected chi connectivity index (χ3v) is 2.24. The molecule has 0 aliphatic carbocycles. The Balaban J connectivity index is 3.15. The van der Waals surface area contributed by atoms with Crippen molar-refractivity contribution in [2.45, 2.75) is 0 Å². The molecule has 0 aliphatic heterocycles. The first-order chi connectivity index (χ1) is 5.11. The lowest BCUT2D eigenvalue weighted by molar-refractivity contribution is 0.108. The van der Waals surface area contributed by atoms with Crippen molar-refractivity contribution in [2.75, 3.05) is 0 Å². The van der Waals surface area contributed by atoms with E-state index in [4.69, 9.17) is 11.6 Å². The number of rotatable bonds is 1. The van der Waals surface area contributed by atoms with Gasteiger partial charge in [0.05, 0.1) is 0 Å². The molecule has 0 heterocycles. The van der Waals surface area contributed by atoms with E-state index in [0.29, 0.717) is 3.57 Å². The predicted octanol–water partition coefficient (Wildman–Crippen LogP) is 2.81. The second kappa shape index (κ2) is 3.49. The van der Waals surface area contributed by atoms with Crippen molar-refractivity contribution in [1.29, 1.82) is 0 Å². The zero-order valence-electron chi connectivity index (χ0n) is 5.27. The van der Waals surface area contributed by atoms with E-state index in [2.05, 4.69) is 0 Å². The third kappa shape index (κ3) is 2.13. The van der Waals surface area contributed by atoms with Gasteiger partial charge in [0, 0.05) is 9.13 Å². The van der Waals surface area contributed by atoms with Crippen LogP contribution in [0, 0.1) is 9.39 Å². The van der Waals surface area contributed by atoms with Gasteiger partial charge < -0.3 is 0 Å². The Morgan fingerprint density at radius 1 is 1.55 bits per heavy atom. The van der Waals surface area contributed by atoms with Gasteiger partial charge in [0.1, 0.15) is 5.82 Å². The van der Waals surface area contributed by atoms with Crippen molar-refractivity contribution < 1.29 is 9.18 Å². The van der Waals surface area contributed by atoms with Crippen LogP contribution in [0.3, 0.4) is 0 Å². The molecule has 0 radical (unpaired) electrons. The Kier molecular flexibility index (Phi) is 2.84. The highest BCUT2D eigenvalue weighted by Crippen LogP contribution is 2.13. The Hall–Kier alpha value is -0.160. The molecule has 58 valence electrons. The molecule has 1 nitrogen and oxygen atoms in total. The van der Waals surface area contributed by atoms with Gasteiger partial charge in [-0.1, -0.05) is 0 Å². The normalized spacial score (nSPS) is 9.73. The van der Waals surface area contributed by atoms with E-state index in [-0.39, 0.29) is 5.56 Å². The van der Waals surface area contributed by atoms with Gasteiger partial charge in [0.15, 0.2) is 0 Å². The molecule has 0 saturated heterocycles. The van der Waals surface area contributed by atoms with Gasteiger partial charge in [-0.05, 0) is 52.4 Å². The van der Waals surface area contributed by atoms with Gasteiger partial charge >= 0.3 is 0 Å². The average molecular weight is 284 g/mol. The van der Waals surface area contributed by atoms with Gasteiger partial charge in [0.25, 0.3) is 5.24 Å². The fourth-order valence-electron chi connectivity index (χ4n) is 0.618. The molecular weight excluding hydrogens is 281 g/mol. The molecular formula is C7H3ClFIO. The summed E-state index contributed by atoms with van der Waals surface area (Å²) >= 11 is 6.95. The lowest BCUT2D eigenvalue weighted by Gasteiger charge is -1.95. The maximum absolute atomic E-state index is 12.7. The highest BCUT2D eigenvalue weighted by atomic mass is 127. The van der Waals surface area contributed by atoms with Gasteiger partial charge in [-0.25, -0.2) is 4.39 Å². The summed E-state index contributed by atoms with van der Waals surface area (Å²) in [7, 11) is 0. The van der Waals surface area contributed by atoms with Crippen LogP contribution in [0.1, 0.15) is 10.4 Å². The summed E-state index contributed by atoms with van der Waals surface area (Å²) in [6, 6.07) is 4.11. The number of carbonyl (C=O) groups is 1. The zero-order chi connectivity index (χ0) is 8.43. The fraction of sp³-hybridized carbons (Fsp3) is 0. The van der Waals surface area contributed by atoms with Crippen LogP contribution in [0.4, 0.5) is 4.39 Å². The molecule has 0 atom stereocenters. The maximum Gasteiger partial charge on any atom is 0.252 e. The minimum Gasteiger partial charge on any atom is -0.276 e. The summed E-state index contributed by atoms with van der Waals surface area (Å²) in [5.41, 5.74) is 0.185. The molecule has 0 bridgehead atoms.